The van der Waals surface area contributed by atoms with Crippen LogP contribution in [0.15, 0.2) is 36.8 Å². The smallest absolute Gasteiger partial charge is 0.163 e. The summed E-state index contributed by atoms with van der Waals surface area (Å²) in [7, 11) is 1.66. The molecule has 5 heteroatoms. The van der Waals surface area contributed by atoms with E-state index in [2.05, 4.69) is 15.3 Å². The van der Waals surface area contributed by atoms with E-state index < -0.39 is 17.7 Å². The van der Waals surface area contributed by atoms with E-state index in [1.165, 1.54) is 30.7 Å². The van der Waals surface area contributed by atoms with Gasteiger partial charge < -0.3 is 5.32 Å². The number of halogens is 2. The molecule has 0 fully saturated rings. The van der Waals surface area contributed by atoms with Gasteiger partial charge in [0, 0.05) is 18.0 Å². The van der Waals surface area contributed by atoms with E-state index in [1.807, 2.05) is 0 Å². The van der Waals surface area contributed by atoms with Crippen molar-refractivity contribution in [2.75, 3.05) is 7.05 Å². The Morgan fingerprint density at radius 2 is 2.06 bits per heavy atom. The van der Waals surface area contributed by atoms with Crippen molar-refractivity contribution < 1.29 is 8.78 Å². The lowest BCUT2D eigenvalue weighted by Crippen LogP contribution is -2.20. The maximum atomic E-state index is 13.7. The largest absolute Gasteiger partial charge is 0.308 e. The zero-order chi connectivity index (χ0) is 12.3. The summed E-state index contributed by atoms with van der Waals surface area (Å²) in [5.41, 5.74) is 0.757. The molecule has 0 amide bonds. The van der Waals surface area contributed by atoms with Crippen molar-refractivity contribution in [2.45, 2.75) is 6.04 Å². The summed E-state index contributed by atoms with van der Waals surface area (Å²) in [5.74, 6) is -1.73. The van der Waals surface area contributed by atoms with Crippen molar-refractivity contribution >= 4 is 0 Å². The summed E-state index contributed by atoms with van der Waals surface area (Å²) in [6, 6.07) is 3.56. The Morgan fingerprint density at radius 3 is 2.71 bits per heavy atom. The zero-order valence-corrected chi connectivity index (χ0v) is 9.19. The first-order valence-corrected chi connectivity index (χ1v) is 5.11. The number of rotatable bonds is 3. The van der Waals surface area contributed by atoms with Crippen LogP contribution in [0.2, 0.25) is 0 Å². The van der Waals surface area contributed by atoms with E-state index in [4.69, 9.17) is 0 Å². The second kappa shape index (κ2) is 4.97. The minimum absolute atomic E-state index is 0.216. The average Bonchev–Trinajstić information content (AvgIpc) is 2.37. The normalized spacial score (nSPS) is 12.4. The third-order valence-electron chi connectivity index (χ3n) is 2.46. The first-order valence-electron chi connectivity index (χ1n) is 5.11. The summed E-state index contributed by atoms with van der Waals surface area (Å²) in [6.45, 7) is 0. The molecule has 1 aromatic heterocycles. The third-order valence-corrected chi connectivity index (χ3v) is 2.46. The Hall–Kier alpha value is -1.88. The molecule has 17 heavy (non-hydrogen) atoms. The molecule has 0 saturated carbocycles. The Bertz CT molecular complexity index is 502. The molecule has 88 valence electrons. The van der Waals surface area contributed by atoms with Crippen LogP contribution >= 0.6 is 0 Å². The standard InChI is InChI=1S/C12H11F2N3/c1-15-12(10-7-16-5-6-17-10)8-3-2-4-9(13)11(8)14/h2-7,12,15H,1H3. The van der Waals surface area contributed by atoms with Crippen LogP contribution in [0, 0.1) is 11.6 Å². The summed E-state index contributed by atoms with van der Waals surface area (Å²) >= 11 is 0. The number of nitrogens with one attached hydrogen (secondary N) is 1. The van der Waals surface area contributed by atoms with E-state index in [1.54, 1.807) is 7.05 Å². The molecule has 0 aliphatic carbocycles. The number of hydrogen-bond donors (Lipinski definition) is 1. The molecular weight excluding hydrogens is 224 g/mol. The maximum Gasteiger partial charge on any atom is 0.163 e. The van der Waals surface area contributed by atoms with Gasteiger partial charge in [-0.1, -0.05) is 12.1 Å². The number of nitrogens with zero attached hydrogens (tertiary/aromatic N) is 2. The Balaban J connectivity index is 2.46. The molecule has 0 radical (unpaired) electrons. The molecule has 1 N–H and O–H groups in total. The molecule has 1 heterocycles. The lowest BCUT2D eigenvalue weighted by Gasteiger charge is -2.16. The predicted octanol–water partition coefficient (Wildman–Crippen LogP) is 2.06. The van der Waals surface area contributed by atoms with E-state index in [0.717, 1.165) is 6.07 Å². The number of aromatic nitrogens is 2. The Labute approximate surface area is 97.5 Å². The lowest BCUT2D eigenvalue weighted by molar-refractivity contribution is 0.485. The van der Waals surface area contributed by atoms with Crippen LogP contribution in [-0.4, -0.2) is 17.0 Å². The van der Waals surface area contributed by atoms with Crippen LogP contribution in [0.4, 0.5) is 8.78 Å². The molecular formula is C12H11F2N3. The topological polar surface area (TPSA) is 37.8 Å². The maximum absolute atomic E-state index is 13.7. The highest BCUT2D eigenvalue weighted by Crippen LogP contribution is 2.23. The molecule has 0 saturated heterocycles. The summed E-state index contributed by atoms with van der Waals surface area (Å²) in [4.78, 5) is 8.00. The molecule has 1 aromatic carbocycles. The van der Waals surface area contributed by atoms with Crippen LogP contribution in [0.1, 0.15) is 17.3 Å². The first-order chi connectivity index (χ1) is 8.24. The van der Waals surface area contributed by atoms with Gasteiger partial charge in [-0.15, -0.1) is 0 Å². The van der Waals surface area contributed by atoms with E-state index >= 15 is 0 Å². The highest BCUT2D eigenvalue weighted by molar-refractivity contribution is 5.28. The van der Waals surface area contributed by atoms with E-state index in [0.29, 0.717) is 5.69 Å². The average molecular weight is 235 g/mol. The molecule has 0 bridgehead atoms. The fourth-order valence-corrected chi connectivity index (χ4v) is 1.67. The Morgan fingerprint density at radius 1 is 1.24 bits per heavy atom. The van der Waals surface area contributed by atoms with Crippen LogP contribution in [0.25, 0.3) is 0 Å². The van der Waals surface area contributed by atoms with Crippen LogP contribution in [0.5, 0.6) is 0 Å². The van der Waals surface area contributed by atoms with Gasteiger partial charge in [-0.3, -0.25) is 9.97 Å². The minimum atomic E-state index is -0.869. The van der Waals surface area contributed by atoms with Gasteiger partial charge in [0.15, 0.2) is 11.6 Å². The van der Waals surface area contributed by atoms with E-state index in [9.17, 15) is 8.78 Å². The summed E-state index contributed by atoms with van der Waals surface area (Å²) in [5, 5.41) is 2.89. The van der Waals surface area contributed by atoms with Crippen molar-refractivity contribution in [1.82, 2.24) is 15.3 Å². The first kappa shape index (κ1) is 11.6. The van der Waals surface area contributed by atoms with Gasteiger partial charge in [0.25, 0.3) is 0 Å². The zero-order valence-electron chi connectivity index (χ0n) is 9.19. The molecule has 0 spiro atoms. The van der Waals surface area contributed by atoms with Crippen molar-refractivity contribution in [3.8, 4) is 0 Å². The van der Waals surface area contributed by atoms with Gasteiger partial charge in [-0.05, 0) is 13.1 Å². The second-order valence-corrected chi connectivity index (χ2v) is 3.50. The van der Waals surface area contributed by atoms with Gasteiger partial charge in [0.2, 0.25) is 0 Å². The molecule has 2 rings (SSSR count). The van der Waals surface area contributed by atoms with Gasteiger partial charge in [0.1, 0.15) is 0 Å². The van der Waals surface area contributed by atoms with Crippen molar-refractivity contribution in [3.05, 3.63) is 59.7 Å². The third kappa shape index (κ3) is 2.29. The minimum Gasteiger partial charge on any atom is -0.308 e. The SMILES string of the molecule is CNC(c1cnccn1)c1cccc(F)c1F. The van der Waals surface area contributed by atoms with Gasteiger partial charge >= 0.3 is 0 Å². The van der Waals surface area contributed by atoms with E-state index in [-0.39, 0.29) is 5.56 Å². The number of benzene rings is 1. The number of hydrogen-bond acceptors (Lipinski definition) is 3. The van der Waals surface area contributed by atoms with Crippen LogP contribution in [-0.2, 0) is 0 Å². The molecule has 3 nitrogen and oxygen atoms in total. The monoisotopic (exact) mass is 235 g/mol. The van der Waals surface area contributed by atoms with Crippen molar-refractivity contribution in [3.63, 3.8) is 0 Å². The molecule has 0 aliphatic rings. The van der Waals surface area contributed by atoms with Crippen molar-refractivity contribution in [2.24, 2.45) is 0 Å². The molecule has 0 aliphatic heterocycles. The summed E-state index contributed by atoms with van der Waals surface area (Å²) < 4.78 is 26.8. The quantitative estimate of drug-likeness (QED) is 0.884. The summed E-state index contributed by atoms with van der Waals surface area (Å²) in [6.07, 6.45) is 4.56. The highest BCUT2D eigenvalue weighted by Gasteiger charge is 2.19. The van der Waals surface area contributed by atoms with Crippen LogP contribution < -0.4 is 5.32 Å². The highest BCUT2D eigenvalue weighted by atomic mass is 19.2. The lowest BCUT2D eigenvalue weighted by atomic mass is 10.0. The van der Waals surface area contributed by atoms with Crippen LogP contribution in [0.3, 0.4) is 0 Å². The Kier molecular flexibility index (Phi) is 3.39. The molecule has 1 unspecified atom stereocenters. The van der Waals surface area contributed by atoms with Gasteiger partial charge in [-0.25, -0.2) is 8.78 Å². The van der Waals surface area contributed by atoms with Gasteiger partial charge in [-0.2, -0.15) is 0 Å². The predicted molar refractivity (Wildman–Crippen MR) is 59.3 cm³/mol. The van der Waals surface area contributed by atoms with Gasteiger partial charge in [0.05, 0.1) is 17.9 Å². The van der Waals surface area contributed by atoms with Crippen molar-refractivity contribution in [1.29, 1.82) is 0 Å². The fourth-order valence-electron chi connectivity index (χ4n) is 1.67. The molecule has 1 atom stereocenters. The second-order valence-electron chi connectivity index (χ2n) is 3.50. The molecule has 2 aromatic rings. The fraction of sp³-hybridized carbons (Fsp3) is 0.167.